The molecule has 1 saturated heterocycles. The van der Waals surface area contributed by atoms with E-state index < -0.39 is 0 Å². The van der Waals surface area contributed by atoms with Gasteiger partial charge in [0.25, 0.3) is 0 Å². The number of hydrogen-bond acceptors (Lipinski definition) is 3. The van der Waals surface area contributed by atoms with E-state index in [4.69, 9.17) is 4.74 Å². The predicted octanol–water partition coefficient (Wildman–Crippen LogP) is 6.10. The number of allylic oxidation sites excluding steroid dienone is 4. The van der Waals surface area contributed by atoms with E-state index in [0.717, 1.165) is 32.2 Å². The molecule has 1 aliphatic rings. The van der Waals surface area contributed by atoms with Gasteiger partial charge in [0, 0.05) is 0 Å². The molecule has 1 heterocycles. The fourth-order valence-corrected chi connectivity index (χ4v) is 3.25. The Kier molecular flexibility index (Phi) is 15.3. The van der Waals surface area contributed by atoms with Gasteiger partial charge in [0.1, 0.15) is 6.04 Å². The molecule has 0 amide bonds. The number of esters is 1. The Hall–Kier alpha value is -1.09. The number of carbonyl (C=O) groups is 1. The molecule has 150 valence electrons. The van der Waals surface area contributed by atoms with Crippen LogP contribution in [-0.4, -0.2) is 25.2 Å². The molecule has 0 radical (unpaired) electrons. The van der Waals surface area contributed by atoms with E-state index in [1.54, 1.807) is 0 Å². The summed E-state index contributed by atoms with van der Waals surface area (Å²) < 4.78 is 5.33. The number of unbranched alkanes of at least 4 members (excludes halogenated alkanes) is 9. The molecule has 3 nitrogen and oxygen atoms in total. The largest absolute Gasteiger partial charge is 0.465 e. The Morgan fingerprint density at radius 2 is 1.58 bits per heavy atom. The second kappa shape index (κ2) is 17.3. The fourth-order valence-electron chi connectivity index (χ4n) is 3.25. The van der Waals surface area contributed by atoms with Crippen LogP contribution in [0.25, 0.3) is 0 Å². The summed E-state index contributed by atoms with van der Waals surface area (Å²) in [5.41, 5.74) is 0. The van der Waals surface area contributed by atoms with Gasteiger partial charge in [-0.1, -0.05) is 69.8 Å². The molecule has 3 heteroatoms. The number of rotatable bonds is 16. The van der Waals surface area contributed by atoms with Crippen molar-refractivity contribution >= 4 is 5.97 Å². The molecule has 0 aromatic rings. The highest BCUT2D eigenvalue weighted by Crippen LogP contribution is 2.10. The smallest absolute Gasteiger partial charge is 0.323 e. The molecule has 0 unspecified atom stereocenters. The summed E-state index contributed by atoms with van der Waals surface area (Å²) in [4.78, 5) is 11.7. The van der Waals surface area contributed by atoms with E-state index in [9.17, 15) is 4.79 Å². The third-order valence-electron chi connectivity index (χ3n) is 4.93. The number of hydrogen-bond donors (Lipinski definition) is 1. The van der Waals surface area contributed by atoms with Crippen molar-refractivity contribution in [2.75, 3.05) is 13.2 Å². The Labute approximate surface area is 161 Å². The lowest BCUT2D eigenvalue weighted by atomic mass is 10.1. The molecule has 1 aliphatic heterocycles. The van der Waals surface area contributed by atoms with Crippen molar-refractivity contribution in [3.63, 3.8) is 0 Å². The van der Waals surface area contributed by atoms with Gasteiger partial charge in [-0.2, -0.15) is 0 Å². The maximum atomic E-state index is 11.7. The number of carbonyl (C=O) groups excluding carboxylic acids is 1. The van der Waals surface area contributed by atoms with Crippen LogP contribution in [0.5, 0.6) is 0 Å². The first kappa shape index (κ1) is 23.0. The second-order valence-corrected chi connectivity index (χ2v) is 7.40. The van der Waals surface area contributed by atoms with Crippen molar-refractivity contribution < 1.29 is 9.53 Å². The van der Waals surface area contributed by atoms with Crippen molar-refractivity contribution in [2.24, 2.45) is 0 Å². The lowest BCUT2D eigenvalue weighted by Gasteiger charge is -2.10. The van der Waals surface area contributed by atoms with Gasteiger partial charge in [0.2, 0.25) is 0 Å². The molecule has 0 aliphatic carbocycles. The molecule has 1 N–H and O–H groups in total. The minimum absolute atomic E-state index is 0.0420. The normalized spacial score (nSPS) is 17.5. The summed E-state index contributed by atoms with van der Waals surface area (Å²) in [6, 6.07) is -0.0420. The first-order chi connectivity index (χ1) is 12.8. The zero-order valence-electron chi connectivity index (χ0n) is 17.0. The highest BCUT2D eigenvalue weighted by molar-refractivity contribution is 5.76. The monoisotopic (exact) mass is 363 g/mol. The molecule has 1 atom stereocenters. The summed E-state index contributed by atoms with van der Waals surface area (Å²) in [6.45, 7) is 3.79. The van der Waals surface area contributed by atoms with Crippen LogP contribution in [0.3, 0.4) is 0 Å². The molecule has 0 spiro atoms. The molecular weight excluding hydrogens is 322 g/mol. The van der Waals surface area contributed by atoms with E-state index in [1.165, 1.54) is 64.2 Å². The van der Waals surface area contributed by atoms with Crippen LogP contribution in [0.4, 0.5) is 0 Å². The van der Waals surface area contributed by atoms with Crippen LogP contribution < -0.4 is 5.32 Å². The predicted molar refractivity (Wildman–Crippen MR) is 111 cm³/mol. The van der Waals surface area contributed by atoms with Crippen molar-refractivity contribution in [1.29, 1.82) is 0 Å². The van der Waals surface area contributed by atoms with E-state index in [1.807, 2.05) is 0 Å². The van der Waals surface area contributed by atoms with Gasteiger partial charge in [-0.25, -0.2) is 0 Å². The third-order valence-corrected chi connectivity index (χ3v) is 4.93. The number of ether oxygens (including phenoxy) is 1. The van der Waals surface area contributed by atoms with E-state index >= 15 is 0 Å². The lowest BCUT2D eigenvalue weighted by Crippen LogP contribution is -2.32. The summed E-state index contributed by atoms with van der Waals surface area (Å²) in [6.07, 6.45) is 26.1. The summed E-state index contributed by atoms with van der Waals surface area (Å²) in [7, 11) is 0. The fraction of sp³-hybridized carbons (Fsp3) is 0.783. The average molecular weight is 364 g/mol. The Bertz CT molecular complexity index is 384. The molecule has 0 saturated carbocycles. The highest BCUT2D eigenvalue weighted by atomic mass is 16.5. The highest BCUT2D eigenvalue weighted by Gasteiger charge is 2.22. The summed E-state index contributed by atoms with van der Waals surface area (Å²) in [5, 5.41) is 3.18. The van der Waals surface area contributed by atoms with E-state index in [2.05, 4.69) is 36.5 Å². The zero-order chi connectivity index (χ0) is 18.7. The minimum Gasteiger partial charge on any atom is -0.465 e. The van der Waals surface area contributed by atoms with Crippen LogP contribution in [-0.2, 0) is 9.53 Å². The Balaban J connectivity index is 1.77. The van der Waals surface area contributed by atoms with Gasteiger partial charge < -0.3 is 10.1 Å². The van der Waals surface area contributed by atoms with Crippen LogP contribution >= 0.6 is 0 Å². The van der Waals surface area contributed by atoms with Crippen LogP contribution in [0.2, 0.25) is 0 Å². The van der Waals surface area contributed by atoms with Gasteiger partial charge in [0.15, 0.2) is 0 Å². The SMILES string of the molecule is CCCCC/C=C\C/C=C\CCCCCCCCOC(=O)[C@@H]1CCCN1. The zero-order valence-corrected chi connectivity index (χ0v) is 17.0. The van der Waals surface area contributed by atoms with Crippen molar-refractivity contribution in [3.8, 4) is 0 Å². The first-order valence-electron chi connectivity index (χ1n) is 11.0. The van der Waals surface area contributed by atoms with Crippen LogP contribution in [0.1, 0.15) is 96.8 Å². The number of nitrogens with one attached hydrogen (secondary N) is 1. The Morgan fingerprint density at radius 3 is 2.23 bits per heavy atom. The lowest BCUT2D eigenvalue weighted by molar-refractivity contribution is -0.145. The Morgan fingerprint density at radius 1 is 0.923 bits per heavy atom. The van der Waals surface area contributed by atoms with Crippen molar-refractivity contribution in [3.05, 3.63) is 24.3 Å². The quantitative estimate of drug-likeness (QED) is 0.205. The van der Waals surface area contributed by atoms with Gasteiger partial charge in [0.05, 0.1) is 6.61 Å². The molecular formula is C23H41NO2. The van der Waals surface area contributed by atoms with Gasteiger partial charge in [-0.3, -0.25) is 4.79 Å². The molecule has 26 heavy (non-hydrogen) atoms. The molecule has 0 aromatic heterocycles. The standard InChI is InChI=1S/C23H41NO2/c1-2-3-4-5-6-7-8-9-10-11-12-13-14-15-16-17-21-26-23(25)22-19-18-20-24-22/h6-7,9-10,22,24H,2-5,8,11-21H2,1H3/b7-6-,10-9-/t22-/m0/s1. The van der Waals surface area contributed by atoms with Gasteiger partial charge in [-0.05, 0) is 57.9 Å². The van der Waals surface area contributed by atoms with Crippen molar-refractivity contribution in [2.45, 2.75) is 103 Å². The maximum Gasteiger partial charge on any atom is 0.323 e. The van der Waals surface area contributed by atoms with Crippen LogP contribution in [0.15, 0.2) is 24.3 Å². The summed E-state index contributed by atoms with van der Waals surface area (Å²) >= 11 is 0. The van der Waals surface area contributed by atoms with E-state index in [0.29, 0.717) is 6.61 Å². The van der Waals surface area contributed by atoms with Gasteiger partial charge in [-0.15, -0.1) is 0 Å². The van der Waals surface area contributed by atoms with Crippen LogP contribution in [0, 0.1) is 0 Å². The second-order valence-electron chi connectivity index (χ2n) is 7.40. The minimum atomic E-state index is -0.0508. The van der Waals surface area contributed by atoms with Gasteiger partial charge >= 0.3 is 5.97 Å². The maximum absolute atomic E-state index is 11.7. The topological polar surface area (TPSA) is 38.3 Å². The average Bonchev–Trinajstić information content (AvgIpc) is 3.19. The van der Waals surface area contributed by atoms with E-state index in [-0.39, 0.29) is 12.0 Å². The molecule has 1 fully saturated rings. The third kappa shape index (κ3) is 13.2. The summed E-state index contributed by atoms with van der Waals surface area (Å²) in [5.74, 6) is -0.0508. The molecule has 0 aromatic carbocycles. The first-order valence-corrected chi connectivity index (χ1v) is 11.0. The van der Waals surface area contributed by atoms with Crippen molar-refractivity contribution in [1.82, 2.24) is 5.32 Å². The molecule has 0 bridgehead atoms. The molecule has 1 rings (SSSR count).